The molecule has 2 aromatic rings. The maximum absolute atomic E-state index is 4.06. The van der Waals surface area contributed by atoms with Crippen LogP contribution in [0.4, 0.5) is 0 Å². The summed E-state index contributed by atoms with van der Waals surface area (Å²) in [5, 5.41) is 3.41. The smallest absolute Gasteiger partial charge is 0.115 e. The van der Waals surface area contributed by atoms with Crippen LogP contribution in [0.15, 0.2) is 37.2 Å². The van der Waals surface area contributed by atoms with Crippen LogP contribution in [0.5, 0.6) is 0 Å². The van der Waals surface area contributed by atoms with E-state index in [0.29, 0.717) is 0 Å². The quantitative estimate of drug-likeness (QED) is 0.894. The molecule has 4 nitrogen and oxygen atoms in total. The van der Waals surface area contributed by atoms with E-state index in [1.54, 1.807) is 6.33 Å². The zero-order valence-corrected chi connectivity index (χ0v) is 10.4. The van der Waals surface area contributed by atoms with E-state index in [2.05, 4.69) is 38.3 Å². The summed E-state index contributed by atoms with van der Waals surface area (Å²) in [5.41, 5.74) is 2.28. The van der Waals surface area contributed by atoms with Gasteiger partial charge < -0.3 is 9.88 Å². The average Bonchev–Trinajstić information content (AvgIpc) is 2.89. The second-order valence-electron chi connectivity index (χ2n) is 4.92. The monoisotopic (exact) mass is 242 g/mol. The lowest BCUT2D eigenvalue weighted by Crippen LogP contribution is -2.29. The Morgan fingerprint density at radius 2 is 1.94 bits per heavy atom. The lowest BCUT2D eigenvalue weighted by molar-refractivity contribution is 0.334. The fourth-order valence-electron chi connectivity index (χ4n) is 2.54. The van der Waals surface area contributed by atoms with Crippen LogP contribution in [0.2, 0.25) is 0 Å². The summed E-state index contributed by atoms with van der Waals surface area (Å²) in [6.45, 7) is 3.44. The molecule has 0 bridgehead atoms. The van der Waals surface area contributed by atoms with Crippen molar-refractivity contribution >= 4 is 0 Å². The van der Waals surface area contributed by atoms with Crippen LogP contribution in [-0.2, 0) is 6.54 Å². The Morgan fingerprint density at radius 1 is 1.17 bits per heavy atom. The Bertz CT molecular complexity index is 486. The molecule has 4 heteroatoms. The first-order chi connectivity index (χ1) is 8.92. The maximum atomic E-state index is 4.06. The summed E-state index contributed by atoms with van der Waals surface area (Å²) >= 11 is 0. The highest BCUT2D eigenvalue weighted by atomic mass is 15.0. The molecule has 94 valence electrons. The molecule has 0 saturated carbocycles. The average molecular weight is 242 g/mol. The Hall–Kier alpha value is -1.68. The molecule has 1 aliphatic rings. The van der Waals surface area contributed by atoms with Crippen LogP contribution in [-0.4, -0.2) is 27.6 Å². The van der Waals surface area contributed by atoms with E-state index in [9.17, 15) is 0 Å². The van der Waals surface area contributed by atoms with E-state index in [1.165, 1.54) is 18.4 Å². The molecule has 3 heterocycles. The molecule has 2 aromatic heterocycles. The van der Waals surface area contributed by atoms with Crippen molar-refractivity contribution in [2.75, 3.05) is 13.1 Å². The zero-order valence-electron chi connectivity index (χ0n) is 10.4. The first kappa shape index (κ1) is 11.4. The summed E-state index contributed by atoms with van der Waals surface area (Å²) in [6.07, 6.45) is 12.2. The van der Waals surface area contributed by atoms with Crippen molar-refractivity contribution in [3.05, 3.63) is 37.2 Å². The van der Waals surface area contributed by atoms with Crippen molar-refractivity contribution in [3.63, 3.8) is 0 Å². The second-order valence-corrected chi connectivity index (χ2v) is 4.92. The number of aromatic nitrogens is 3. The van der Waals surface area contributed by atoms with Crippen LogP contribution < -0.4 is 5.32 Å². The second kappa shape index (κ2) is 5.31. The molecule has 0 spiro atoms. The first-order valence-electron chi connectivity index (χ1n) is 6.54. The van der Waals surface area contributed by atoms with E-state index >= 15 is 0 Å². The van der Waals surface area contributed by atoms with Crippen molar-refractivity contribution in [1.29, 1.82) is 0 Å². The van der Waals surface area contributed by atoms with E-state index < -0.39 is 0 Å². The molecule has 0 atom stereocenters. The fraction of sp³-hybridized carbons (Fsp3) is 0.429. The van der Waals surface area contributed by atoms with Gasteiger partial charge in [0.15, 0.2) is 0 Å². The fourth-order valence-corrected chi connectivity index (χ4v) is 2.54. The van der Waals surface area contributed by atoms with Crippen molar-refractivity contribution < 1.29 is 0 Å². The van der Waals surface area contributed by atoms with Crippen LogP contribution >= 0.6 is 0 Å². The third-order valence-electron chi connectivity index (χ3n) is 3.57. The molecule has 0 aliphatic carbocycles. The Labute approximate surface area is 107 Å². The van der Waals surface area contributed by atoms with Gasteiger partial charge in [-0.3, -0.25) is 0 Å². The largest absolute Gasteiger partial charge is 0.353 e. The highest BCUT2D eigenvalue weighted by Gasteiger charge is 2.13. The van der Waals surface area contributed by atoms with Gasteiger partial charge in [0.25, 0.3) is 0 Å². The van der Waals surface area contributed by atoms with Gasteiger partial charge in [0.1, 0.15) is 6.33 Å². The number of hydrogen-bond donors (Lipinski definition) is 1. The third kappa shape index (κ3) is 2.59. The molecular formula is C14H18N4. The van der Waals surface area contributed by atoms with E-state index in [4.69, 9.17) is 0 Å². The topological polar surface area (TPSA) is 42.7 Å². The standard InChI is InChI=1S/C14H18N4/c1-4-15-5-2-12(1)9-18-6-3-13(10-18)14-7-16-11-17-8-14/h3,6-8,10-12,15H,1-2,4-5,9H2. The molecule has 0 unspecified atom stereocenters. The van der Waals surface area contributed by atoms with E-state index in [-0.39, 0.29) is 0 Å². The number of rotatable bonds is 3. The van der Waals surface area contributed by atoms with Gasteiger partial charge in [-0.2, -0.15) is 0 Å². The number of piperidine rings is 1. The van der Waals surface area contributed by atoms with Gasteiger partial charge in [0.05, 0.1) is 0 Å². The van der Waals surface area contributed by atoms with Crippen molar-refractivity contribution in [3.8, 4) is 11.1 Å². The van der Waals surface area contributed by atoms with Crippen molar-refractivity contribution in [2.45, 2.75) is 19.4 Å². The van der Waals surface area contributed by atoms with Gasteiger partial charge >= 0.3 is 0 Å². The number of hydrogen-bond acceptors (Lipinski definition) is 3. The molecule has 1 fully saturated rings. The molecule has 3 rings (SSSR count). The van der Waals surface area contributed by atoms with Gasteiger partial charge in [0, 0.05) is 42.5 Å². The highest BCUT2D eigenvalue weighted by molar-refractivity contribution is 5.60. The highest BCUT2D eigenvalue weighted by Crippen LogP contribution is 2.20. The Morgan fingerprint density at radius 3 is 2.72 bits per heavy atom. The minimum Gasteiger partial charge on any atom is -0.353 e. The van der Waals surface area contributed by atoms with E-state index in [0.717, 1.165) is 31.1 Å². The molecule has 1 N–H and O–H groups in total. The van der Waals surface area contributed by atoms with Gasteiger partial charge in [-0.15, -0.1) is 0 Å². The van der Waals surface area contributed by atoms with Gasteiger partial charge in [-0.1, -0.05) is 0 Å². The maximum Gasteiger partial charge on any atom is 0.115 e. The van der Waals surface area contributed by atoms with Crippen LogP contribution in [0.1, 0.15) is 12.8 Å². The van der Waals surface area contributed by atoms with Crippen molar-refractivity contribution in [2.24, 2.45) is 5.92 Å². The predicted octanol–water partition coefficient (Wildman–Crippen LogP) is 1.94. The summed E-state index contributed by atoms with van der Waals surface area (Å²) in [7, 11) is 0. The normalized spacial score (nSPS) is 16.9. The lowest BCUT2D eigenvalue weighted by atomic mass is 9.98. The van der Waals surface area contributed by atoms with Gasteiger partial charge in [0.2, 0.25) is 0 Å². The Kier molecular flexibility index (Phi) is 3.37. The summed E-state index contributed by atoms with van der Waals surface area (Å²) in [6, 6.07) is 2.14. The van der Waals surface area contributed by atoms with Crippen LogP contribution in [0.25, 0.3) is 11.1 Å². The first-order valence-corrected chi connectivity index (χ1v) is 6.54. The molecule has 0 radical (unpaired) electrons. The summed E-state index contributed by atoms with van der Waals surface area (Å²) < 4.78 is 2.29. The molecular weight excluding hydrogens is 224 g/mol. The number of nitrogens with zero attached hydrogens (tertiary/aromatic N) is 3. The number of nitrogens with one attached hydrogen (secondary N) is 1. The van der Waals surface area contributed by atoms with Crippen molar-refractivity contribution in [1.82, 2.24) is 19.9 Å². The molecule has 0 aromatic carbocycles. The predicted molar refractivity (Wildman–Crippen MR) is 71.1 cm³/mol. The zero-order chi connectivity index (χ0) is 12.2. The Balaban J connectivity index is 1.69. The minimum atomic E-state index is 0.804. The molecule has 1 aliphatic heterocycles. The molecule has 0 amide bonds. The third-order valence-corrected chi connectivity index (χ3v) is 3.57. The summed E-state index contributed by atoms with van der Waals surface area (Å²) in [5.74, 6) is 0.804. The van der Waals surface area contributed by atoms with E-state index in [1.807, 2.05) is 12.4 Å². The van der Waals surface area contributed by atoms with Gasteiger partial charge in [-0.05, 0) is 37.9 Å². The SMILES string of the molecule is c1ncc(-c2ccn(CC3CCNCC3)c2)cn1. The molecule has 18 heavy (non-hydrogen) atoms. The van der Waals surface area contributed by atoms with Gasteiger partial charge in [-0.25, -0.2) is 9.97 Å². The minimum absolute atomic E-state index is 0.804. The van der Waals surface area contributed by atoms with Crippen LogP contribution in [0, 0.1) is 5.92 Å². The molecule has 1 saturated heterocycles. The summed E-state index contributed by atoms with van der Waals surface area (Å²) in [4.78, 5) is 8.11. The van der Waals surface area contributed by atoms with Crippen LogP contribution in [0.3, 0.4) is 0 Å². The lowest BCUT2D eigenvalue weighted by Gasteiger charge is -2.22.